The van der Waals surface area contributed by atoms with E-state index in [9.17, 15) is 4.79 Å². The van der Waals surface area contributed by atoms with E-state index in [2.05, 4.69) is 31.3 Å². The van der Waals surface area contributed by atoms with Gasteiger partial charge in [0.1, 0.15) is 0 Å². The summed E-state index contributed by atoms with van der Waals surface area (Å²) in [6.45, 7) is 8.58. The predicted molar refractivity (Wildman–Crippen MR) is 76.1 cm³/mol. The molecule has 3 nitrogen and oxygen atoms in total. The van der Waals surface area contributed by atoms with Gasteiger partial charge >= 0.3 is 5.97 Å². The van der Waals surface area contributed by atoms with E-state index in [1.165, 1.54) is 9.75 Å². The number of nitrogens with one attached hydrogen (secondary N) is 1. The van der Waals surface area contributed by atoms with Crippen molar-refractivity contribution < 1.29 is 9.53 Å². The maximum absolute atomic E-state index is 11.3. The standard InChI is InChI=1S/C14H23NO2S/c1-5-17-14(16)9-11(3)15-10(2)8-13-7-6-12(4)18-13/h6-7,10-11,15H,5,8-9H2,1-4H3. The second-order valence-corrected chi connectivity index (χ2v) is 6.07. The van der Waals surface area contributed by atoms with E-state index in [4.69, 9.17) is 4.74 Å². The van der Waals surface area contributed by atoms with E-state index >= 15 is 0 Å². The Morgan fingerprint density at radius 1 is 1.39 bits per heavy atom. The van der Waals surface area contributed by atoms with E-state index in [1.54, 1.807) is 0 Å². The molecule has 0 fully saturated rings. The summed E-state index contributed by atoms with van der Waals surface area (Å²) in [5, 5.41) is 3.43. The molecule has 1 aromatic rings. The number of carbonyl (C=O) groups excluding carboxylic acids is 1. The van der Waals surface area contributed by atoms with Crippen LogP contribution in [-0.2, 0) is 16.0 Å². The molecule has 0 aliphatic rings. The Bertz CT molecular complexity index is 376. The van der Waals surface area contributed by atoms with Gasteiger partial charge in [-0.25, -0.2) is 0 Å². The van der Waals surface area contributed by atoms with Crippen LogP contribution in [0.3, 0.4) is 0 Å². The van der Waals surface area contributed by atoms with E-state index in [1.807, 2.05) is 25.2 Å². The molecule has 0 saturated carbocycles. The maximum Gasteiger partial charge on any atom is 0.307 e. The van der Waals surface area contributed by atoms with E-state index in [0.29, 0.717) is 19.1 Å². The number of hydrogen-bond donors (Lipinski definition) is 1. The molecule has 0 bridgehead atoms. The first-order valence-corrected chi connectivity index (χ1v) is 7.30. The second-order valence-electron chi connectivity index (χ2n) is 4.69. The van der Waals surface area contributed by atoms with Crippen LogP contribution in [0.15, 0.2) is 12.1 Å². The number of hydrogen-bond acceptors (Lipinski definition) is 4. The highest BCUT2D eigenvalue weighted by Crippen LogP contribution is 2.16. The van der Waals surface area contributed by atoms with Crippen molar-refractivity contribution in [1.82, 2.24) is 5.32 Å². The van der Waals surface area contributed by atoms with Crippen LogP contribution in [0, 0.1) is 6.92 Å². The van der Waals surface area contributed by atoms with Gasteiger partial charge in [0.2, 0.25) is 0 Å². The molecule has 1 rings (SSSR count). The van der Waals surface area contributed by atoms with Crippen molar-refractivity contribution in [3.8, 4) is 0 Å². The van der Waals surface area contributed by atoms with Gasteiger partial charge in [-0.15, -0.1) is 11.3 Å². The van der Waals surface area contributed by atoms with Crippen molar-refractivity contribution in [2.75, 3.05) is 6.61 Å². The van der Waals surface area contributed by atoms with Crippen LogP contribution >= 0.6 is 11.3 Å². The molecule has 0 amide bonds. The van der Waals surface area contributed by atoms with Crippen LogP contribution in [0.25, 0.3) is 0 Å². The molecule has 2 unspecified atom stereocenters. The summed E-state index contributed by atoms with van der Waals surface area (Å²) in [5.74, 6) is -0.128. The minimum atomic E-state index is -0.128. The number of thiophene rings is 1. The average molecular weight is 269 g/mol. The molecular weight excluding hydrogens is 246 g/mol. The zero-order valence-corrected chi connectivity index (χ0v) is 12.5. The van der Waals surface area contributed by atoms with Crippen molar-refractivity contribution in [1.29, 1.82) is 0 Å². The highest BCUT2D eigenvalue weighted by molar-refractivity contribution is 7.11. The normalized spacial score (nSPS) is 14.2. The zero-order valence-electron chi connectivity index (χ0n) is 11.7. The summed E-state index contributed by atoms with van der Waals surface area (Å²) in [6, 6.07) is 4.84. The Morgan fingerprint density at radius 2 is 2.11 bits per heavy atom. The van der Waals surface area contributed by atoms with Crippen LogP contribution in [0.5, 0.6) is 0 Å². The molecule has 1 heterocycles. The summed E-state index contributed by atoms with van der Waals surface area (Å²) < 4.78 is 4.94. The lowest BCUT2D eigenvalue weighted by atomic mass is 10.1. The van der Waals surface area contributed by atoms with Crippen molar-refractivity contribution >= 4 is 17.3 Å². The minimum absolute atomic E-state index is 0.128. The van der Waals surface area contributed by atoms with Crippen molar-refractivity contribution in [3.63, 3.8) is 0 Å². The number of carbonyl (C=O) groups is 1. The third-order valence-electron chi connectivity index (χ3n) is 2.65. The third-order valence-corrected chi connectivity index (χ3v) is 3.67. The fraction of sp³-hybridized carbons (Fsp3) is 0.643. The summed E-state index contributed by atoms with van der Waals surface area (Å²) in [5.41, 5.74) is 0. The Labute approximate surface area is 114 Å². The minimum Gasteiger partial charge on any atom is -0.466 e. The van der Waals surface area contributed by atoms with Crippen molar-refractivity contribution in [2.24, 2.45) is 0 Å². The molecule has 18 heavy (non-hydrogen) atoms. The van der Waals surface area contributed by atoms with E-state index < -0.39 is 0 Å². The largest absolute Gasteiger partial charge is 0.466 e. The molecule has 0 aliphatic heterocycles. The van der Waals surface area contributed by atoms with Gasteiger partial charge in [0.05, 0.1) is 13.0 Å². The van der Waals surface area contributed by atoms with Gasteiger partial charge in [0, 0.05) is 21.8 Å². The molecule has 102 valence electrons. The van der Waals surface area contributed by atoms with Gasteiger partial charge in [-0.05, 0) is 46.2 Å². The SMILES string of the molecule is CCOC(=O)CC(C)NC(C)Cc1ccc(C)s1. The van der Waals surface area contributed by atoms with Gasteiger partial charge in [0.25, 0.3) is 0 Å². The van der Waals surface area contributed by atoms with E-state index in [0.717, 1.165) is 6.42 Å². The van der Waals surface area contributed by atoms with E-state index in [-0.39, 0.29) is 12.0 Å². The number of esters is 1. The lowest BCUT2D eigenvalue weighted by molar-refractivity contribution is -0.143. The molecule has 2 atom stereocenters. The van der Waals surface area contributed by atoms with Crippen LogP contribution in [0.1, 0.15) is 36.9 Å². The first kappa shape index (κ1) is 15.2. The Morgan fingerprint density at radius 3 is 2.67 bits per heavy atom. The van der Waals surface area contributed by atoms with Gasteiger partial charge in [-0.3, -0.25) is 4.79 Å². The summed E-state index contributed by atoms with van der Waals surface area (Å²) in [4.78, 5) is 14.1. The quantitative estimate of drug-likeness (QED) is 0.774. The van der Waals surface area contributed by atoms with Crippen LogP contribution in [-0.4, -0.2) is 24.7 Å². The highest BCUT2D eigenvalue weighted by Gasteiger charge is 2.13. The highest BCUT2D eigenvalue weighted by atomic mass is 32.1. The molecule has 0 saturated heterocycles. The summed E-state index contributed by atoms with van der Waals surface area (Å²) >= 11 is 1.83. The monoisotopic (exact) mass is 269 g/mol. The molecule has 4 heteroatoms. The van der Waals surface area contributed by atoms with Crippen molar-refractivity contribution in [3.05, 3.63) is 21.9 Å². The molecular formula is C14H23NO2S. The van der Waals surface area contributed by atoms with Gasteiger partial charge < -0.3 is 10.1 Å². The predicted octanol–water partition coefficient (Wildman–Crippen LogP) is 2.92. The van der Waals surface area contributed by atoms with Crippen LogP contribution < -0.4 is 5.32 Å². The Balaban J connectivity index is 2.30. The lowest BCUT2D eigenvalue weighted by Crippen LogP contribution is -2.37. The first-order valence-electron chi connectivity index (χ1n) is 6.48. The molecule has 0 spiro atoms. The molecule has 1 N–H and O–H groups in total. The first-order chi connectivity index (χ1) is 8.51. The lowest BCUT2D eigenvalue weighted by Gasteiger charge is -2.18. The van der Waals surface area contributed by atoms with Crippen LogP contribution in [0.4, 0.5) is 0 Å². The molecule has 1 aromatic heterocycles. The van der Waals surface area contributed by atoms with Crippen molar-refractivity contribution in [2.45, 2.75) is 52.6 Å². The Hall–Kier alpha value is -0.870. The van der Waals surface area contributed by atoms with Gasteiger partial charge in [0.15, 0.2) is 0 Å². The number of ether oxygens (including phenoxy) is 1. The maximum atomic E-state index is 11.3. The van der Waals surface area contributed by atoms with Gasteiger partial charge in [-0.2, -0.15) is 0 Å². The summed E-state index contributed by atoms with van der Waals surface area (Å²) in [7, 11) is 0. The number of rotatable bonds is 7. The fourth-order valence-corrected chi connectivity index (χ4v) is 2.99. The molecule has 0 aromatic carbocycles. The Kier molecular flexibility index (Phi) is 6.36. The summed E-state index contributed by atoms with van der Waals surface area (Å²) in [6.07, 6.45) is 1.44. The molecule has 0 radical (unpaired) electrons. The topological polar surface area (TPSA) is 38.3 Å². The smallest absolute Gasteiger partial charge is 0.307 e. The number of aryl methyl sites for hydroxylation is 1. The fourth-order valence-electron chi connectivity index (χ4n) is 1.97. The second kappa shape index (κ2) is 7.54. The zero-order chi connectivity index (χ0) is 13.5. The van der Waals surface area contributed by atoms with Crippen LogP contribution in [0.2, 0.25) is 0 Å². The average Bonchev–Trinajstić information content (AvgIpc) is 2.63. The van der Waals surface area contributed by atoms with Gasteiger partial charge in [-0.1, -0.05) is 0 Å². The molecule has 0 aliphatic carbocycles. The third kappa shape index (κ3) is 5.65.